The maximum Gasteiger partial charge on any atom is 0.184 e. The molecule has 0 saturated heterocycles. The Balaban J connectivity index is 1.96. The lowest BCUT2D eigenvalue weighted by molar-refractivity contribution is -0.705. The Morgan fingerprint density at radius 3 is 1.14 bits per heavy atom. The van der Waals surface area contributed by atoms with Gasteiger partial charge < -0.3 is 0 Å². The van der Waals surface area contributed by atoms with Gasteiger partial charge in [0, 0.05) is 24.5 Å². The first-order chi connectivity index (χ1) is 20.8. The van der Waals surface area contributed by atoms with Gasteiger partial charge in [-0.1, -0.05) is 207 Å². The minimum Gasteiger partial charge on any atom is -0.202 e. The van der Waals surface area contributed by atoms with E-state index >= 15 is 0 Å². The Morgan fingerprint density at radius 1 is 0.429 bits per heavy atom. The zero-order valence-electron chi connectivity index (χ0n) is 29.5. The number of unbranched alkanes of at least 4 members (excludes halogenated alkanes) is 28. The lowest BCUT2D eigenvalue weighted by Crippen LogP contribution is -2.38. The predicted octanol–water partition coefficient (Wildman–Crippen LogP) is 14.2. The zero-order chi connectivity index (χ0) is 30.2. The summed E-state index contributed by atoms with van der Waals surface area (Å²) in [6.07, 6.45) is 47.0. The van der Waals surface area contributed by atoms with Crippen molar-refractivity contribution in [1.82, 2.24) is 0 Å². The highest BCUT2D eigenvalue weighted by molar-refractivity contribution is 5.02. The van der Waals surface area contributed by atoms with Crippen molar-refractivity contribution in [3.63, 3.8) is 0 Å². The van der Waals surface area contributed by atoms with E-state index in [0.29, 0.717) is 5.92 Å². The van der Waals surface area contributed by atoms with Crippen LogP contribution in [0.4, 0.5) is 0 Å². The molecule has 0 aromatic carbocycles. The summed E-state index contributed by atoms with van der Waals surface area (Å²) in [6.45, 7) is 8.28. The van der Waals surface area contributed by atoms with E-state index in [4.69, 9.17) is 0 Å². The summed E-state index contributed by atoms with van der Waals surface area (Å²) in [5.74, 6) is 0.685. The van der Waals surface area contributed by atoms with Crippen molar-refractivity contribution in [3.8, 4) is 0 Å². The van der Waals surface area contributed by atoms with E-state index in [1.165, 1.54) is 206 Å². The molecule has 246 valence electrons. The molecule has 0 aliphatic carbocycles. The summed E-state index contributed by atoms with van der Waals surface area (Å²) in [5.41, 5.74) is 1.56. The summed E-state index contributed by atoms with van der Waals surface area (Å²) < 4.78 is 2.57. The number of aromatic nitrogens is 1. The topological polar surface area (TPSA) is 3.88 Å². The molecule has 1 nitrogen and oxygen atoms in total. The van der Waals surface area contributed by atoms with Gasteiger partial charge in [-0.25, -0.2) is 4.57 Å². The molecule has 0 radical (unpaired) electrons. The van der Waals surface area contributed by atoms with Crippen LogP contribution >= 0.6 is 0 Å². The molecule has 0 aliphatic rings. The minimum absolute atomic E-state index is 0.685. The first-order valence-corrected chi connectivity index (χ1v) is 19.8. The predicted molar refractivity (Wildman–Crippen MR) is 190 cm³/mol. The number of nitrogens with zero attached hydrogens (tertiary/aromatic N) is 1. The fourth-order valence-electron chi connectivity index (χ4n) is 6.76. The number of hydrogen-bond donors (Lipinski definition) is 0. The van der Waals surface area contributed by atoms with Crippen LogP contribution in [0.2, 0.25) is 0 Å². The molecule has 42 heavy (non-hydrogen) atoms. The Hall–Kier alpha value is -0.850. The van der Waals surface area contributed by atoms with Crippen LogP contribution in [0.5, 0.6) is 0 Å². The van der Waals surface area contributed by atoms with Crippen LogP contribution in [-0.4, -0.2) is 0 Å². The lowest BCUT2D eigenvalue weighted by atomic mass is 9.97. The van der Waals surface area contributed by atoms with Crippen LogP contribution < -0.4 is 4.57 Å². The van der Waals surface area contributed by atoms with E-state index in [2.05, 4.69) is 49.7 Å². The molecule has 0 saturated carbocycles. The van der Waals surface area contributed by atoms with Crippen molar-refractivity contribution in [2.45, 2.75) is 232 Å². The summed E-state index contributed by atoms with van der Waals surface area (Å²) >= 11 is 0. The van der Waals surface area contributed by atoms with Crippen molar-refractivity contribution in [3.05, 3.63) is 30.1 Å². The third-order valence-electron chi connectivity index (χ3n) is 9.72. The van der Waals surface area contributed by atoms with Gasteiger partial charge in [0.25, 0.3) is 0 Å². The van der Waals surface area contributed by atoms with E-state index < -0.39 is 0 Å². The first-order valence-electron chi connectivity index (χ1n) is 19.8. The van der Waals surface area contributed by atoms with E-state index in [0.717, 1.165) is 0 Å². The van der Waals surface area contributed by atoms with Gasteiger partial charge in [-0.15, -0.1) is 0 Å². The van der Waals surface area contributed by atoms with Crippen molar-refractivity contribution in [2.24, 2.45) is 0 Å². The first kappa shape index (κ1) is 39.2. The van der Waals surface area contributed by atoms with Gasteiger partial charge in [0.1, 0.15) is 6.54 Å². The summed E-state index contributed by atoms with van der Waals surface area (Å²) in [6, 6.07) is 6.87. The second kappa shape index (κ2) is 31.6. The third-order valence-corrected chi connectivity index (χ3v) is 9.72. The fourth-order valence-corrected chi connectivity index (χ4v) is 6.76. The molecule has 1 aromatic rings. The number of hydrogen-bond acceptors (Lipinski definition) is 0. The highest BCUT2D eigenvalue weighted by Gasteiger charge is 2.16. The van der Waals surface area contributed by atoms with Crippen LogP contribution in [0.25, 0.3) is 0 Å². The number of aryl methyl sites for hydroxylation is 1. The molecule has 1 rings (SSSR count). The number of pyridine rings is 1. The zero-order valence-corrected chi connectivity index (χ0v) is 29.5. The molecule has 1 atom stereocenters. The van der Waals surface area contributed by atoms with Crippen LogP contribution in [0.1, 0.15) is 231 Å². The monoisotopic (exact) mass is 585 g/mol. The smallest absolute Gasteiger partial charge is 0.184 e. The summed E-state index contributed by atoms with van der Waals surface area (Å²) in [4.78, 5) is 0. The average Bonchev–Trinajstić information content (AvgIpc) is 3.01. The van der Waals surface area contributed by atoms with Crippen LogP contribution in [0, 0.1) is 0 Å². The minimum atomic E-state index is 0.685. The van der Waals surface area contributed by atoms with E-state index in [1.54, 1.807) is 5.69 Å². The van der Waals surface area contributed by atoms with Crippen molar-refractivity contribution < 1.29 is 4.57 Å². The Bertz CT molecular complexity index is 652. The standard InChI is InChI=1S/C41H78N/c1-4-6-8-10-12-14-16-18-19-20-21-23-25-27-29-31-34-38-42-39-35-33-37-41(42)40(3)36-32-30-28-26-24-22-17-15-13-11-9-7-5-2/h33,35,37,39-40H,4-32,34,36,38H2,1-3H3/q+1. The molecule has 1 heterocycles. The third kappa shape index (κ3) is 24.6. The molecule has 0 spiro atoms. The molecular weight excluding hydrogens is 506 g/mol. The Kier molecular flexibility index (Phi) is 29.4. The fraction of sp³-hybridized carbons (Fsp3) is 0.878. The van der Waals surface area contributed by atoms with Crippen LogP contribution in [-0.2, 0) is 6.54 Å². The maximum absolute atomic E-state index is 2.57. The van der Waals surface area contributed by atoms with Crippen molar-refractivity contribution >= 4 is 0 Å². The number of rotatable bonds is 33. The van der Waals surface area contributed by atoms with Crippen molar-refractivity contribution in [2.75, 3.05) is 0 Å². The molecule has 0 aliphatic heterocycles. The average molecular weight is 585 g/mol. The molecule has 0 N–H and O–H groups in total. The van der Waals surface area contributed by atoms with Crippen LogP contribution in [0.15, 0.2) is 24.4 Å². The molecule has 0 bridgehead atoms. The van der Waals surface area contributed by atoms with Gasteiger partial charge in [0.15, 0.2) is 11.9 Å². The largest absolute Gasteiger partial charge is 0.202 e. The molecule has 0 amide bonds. The normalized spacial score (nSPS) is 12.3. The SMILES string of the molecule is CCCCCCCCCCCCCCCCCCC[n+]1ccccc1C(C)CCCCCCCCCCCCCCC. The quantitative estimate of drug-likeness (QED) is 0.0571. The van der Waals surface area contributed by atoms with Gasteiger partial charge in [0.2, 0.25) is 0 Å². The van der Waals surface area contributed by atoms with E-state index in [-0.39, 0.29) is 0 Å². The Morgan fingerprint density at radius 2 is 0.762 bits per heavy atom. The highest BCUT2D eigenvalue weighted by Crippen LogP contribution is 2.21. The lowest BCUT2D eigenvalue weighted by Gasteiger charge is -2.11. The molecule has 1 aromatic heterocycles. The molecular formula is C41H78N+. The second-order valence-electron chi connectivity index (χ2n) is 13.9. The molecule has 1 heteroatoms. The molecule has 1 unspecified atom stereocenters. The van der Waals surface area contributed by atoms with Gasteiger partial charge in [-0.3, -0.25) is 0 Å². The highest BCUT2D eigenvalue weighted by atomic mass is 15.0. The van der Waals surface area contributed by atoms with Gasteiger partial charge in [-0.2, -0.15) is 0 Å². The second-order valence-corrected chi connectivity index (χ2v) is 13.9. The summed E-state index contributed by atoms with van der Waals surface area (Å²) in [5, 5.41) is 0. The van der Waals surface area contributed by atoms with Gasteiger partial charge >= 0.3 is 0 Å². The van der Waals surface area contributed by atoms with E-state index in [9.17, 15) is 0 Å². The van der Waals surface area contributed by atoms with Crippen molar-refractivity contribution in [1.29, 1.82) is 0 Å². The summed E-state index contributed by atoms with van der Waals surface area (Å²) in [7, 11) is 0. The van der Waals surface area contributed by atoms with Gasteiger partial charge in [-0.05, 0) is 12.8 Å². The maximum atomic E-state index is 2.57. The van der Waals surface area contributed by atoms with Gasteiger partial charge in [0.05, 0.1) is 0 Å². The molecule has 0 fully saturated rings. The van der Waals surface area contributed by atoms with E-state index in [1.807, 2.05) is 0 Å². The Labute approximate surface area is 266 Å². The van der Waals surface area contributed by atoms with Crippen LogP contribution in [0.3, 0.4) is 0 Å².